The van der Waals surface area contributed by atoms with Crippen LogP contribution in [0, 0.1) is 5.82 Å². The van der Waals surface area contributed by atoms with E-state index in [4.69, 9.17) is 5.73 Å². The van der Waals surface area contributed by atoms with E-state index >= 15 is 0 Å². The summed E-state index contributed by atoms with van der Waals surface area (Å²) in [6.45, 7) is 0.0894. The van der Waals surface area contributed by atoms with Gasteiger partial charge in [0, 0.05) is 29.2 Å². The first-order chi connectivity index (χ1) is 13.9. The molecule has 0 atom stereocenters. The Morgan fingerprint density at radius 1 is 1.10 bits per heavy atom. The highest BCUT2D eigenvalue weighted by atomic mass is 32.2. The quantitative estimate of drug-likeness (QED) is 0.655. The van der Waals surface area contributed by atoms with E-state index in [1.54, 1.807) is 18.2 Å². The predicted octanol–water partition coefficient (Wildman–Crippen LogP) is 3.35. The molecular formula is C21H16FN3O3S. The number of halogens is 1. The molecule has 6 nitrogen and oxygen atoms in total. The third kappa shape index (κ3) is 3.79. The minimum atomic E-state index is -0.746. The number of thioether (sulfide) groups is 1. The Kier molecular flexibility index (Phi) is 4.94. The van der Waals surface area contributed by atoms with Crippen molar-refractivity contribution in [3.8, 4) is 0 Å². The number of hydrogen-bond acceptors (Lipinski definition) is 4. The molecule has 1 aliphatic heterocycles. The summed E-state index contributed by atoms with van der Waals surface area (Å²) in [6.07, 6.45) is 3.53. The average Bonchev–Trinajstić information content (AvgIpc) is 3.16. The van der Waals surface area contributed by atoms with Crippen molar-refractivity contribution in [1.29, 1.82) is 0 Å². The van der Waals surface area contributed by atoms with E-state index in [1.165, 1.54) is 12.1 Å². The second-order valence-electron chi connectivity index (χ2n) is 6.59. The number of nitrogens with zero attached hydrogens (tertiary/aromatic N) is 2. The van der Waals surface area contributed by atoms with Crippen LogP contribution in [0.1, 0.15) is 11.1 Å². The minimum absolute atomic E-state index is 0.237. The van der Waals surface area contributed by atoms with E-state index in [0.29, 0.717) is 6.54 Å². The number of benzene rings is 2. The lowest BCUT2D eigenvalue weighted by Gasteiger charge is -2.08. The highest BCUT2D eigenvalue weighted by Gasteiger charge is 2.36. The molecule has 2 heterocycles. The van der Waals surface area contributed by atoms with Gasteiger partial charge in [-0.3, -0.25) is 19.3 Å². The van der Waals surface area contributed by atoms with Gasteiger partial charge in [0.15, 0.2) is 0 Å². The van der Waals surface area contributed by atoms with Crippen molar-refractivity contribution in [3.63, 3.8) is 0 Å². The summed E-state index contributed by atoms with van der Waals surface area (Å²) in [6, 6.07) is 13.9. The molecule has 2 aromatic carbocycles. The molecule has 0 bridgehead atoms. The first-order valence-corrected chi connectivity index (χ1v) is 9.60. The predicted molar refractivity (Wildman–Crippen MR) is 109 cm³/mol. The maximum absolute atomic E-state index is 13.2. The number of rotatable bonds is 5. The van der Waals surface area contributed by atoms with Crippen molar-refractivity contribution in [1.82, 2.24) is 9.47 Å². The minimum Gasteiger partial charge on any atom is -0.368 e. The van der Waals surface area contributed by atoms with Crippen molar-refractivity contribution in [2.24, 2.45) is 5.73 Å². The van der Waals surface area contributed by atoms with Gasteiger partial charge in [-0.2, -0.15) is 0 Å². The second-order valence-corrected chi connectivity index (χ2v) is 7.58. The van der Waals surface area contributed by atoms with E-state index < -0.39 is 23.6 Å². The van der Waals surface area contributed by atoms with Gasteiger partial charge in [0.2, 0.25) is 5.91 Å². The summed E-state index contributed by atoms with van der Waals surface area (Å²) in [5, 5.41) is 0.395. The molecule has 3 amide bonds. The van der Waals surface area contributed by atoms with E-state index in [2.05, 4.69) is 0 Å². The number of fused-ring (bicyclic) bond motifs is 1. The summed E-state index contributed by atoms with van der Waals surface area (Å²) in [4.78, 5) is 36.7. The zero-order valence-electron chi connectivity index (χ0n) is 15.2. The third-order valence-electron chi connectivity index (χ3n) is 4.56. The molecule has 1 fully saturated rings. The lowest BCUT2D eigenvalue weighted by Crippen LogP contribution is -2.36. The first kappa shape index (κ1) is 18.9. The molecule has 2 N–H and O–H groups in total. The molecule has 146 valence electrons. The van der Waals surface area contributed by atoms with Crippen LogP contribution in [0.25, 0.3) is 17.0 Å². The van der Waals surface area contributed by atoms with Gasteiger partial charge >= 0.3 is 0 Å². The zero-order chi connectivity index (χ0) is 20.5. The molecule has 1 saturated heterocycles. The van der Waals surface area contributed by atoms with Crippen LogP contribution in [0.5, 0.6) is 0 Å². The van der Waals surface area contributed by atoms with Crippen LogP contribution in [0.15, 0.2) is 59.6 Å². The van der Waals surface area contributed by atoms with Crippen LogP contribution in [-0.4, -0.2) is 33.1 Å². The molecule has 1 aromatic heterocycles. The highest BCUT2D eigenvalue weighted by Crippen LogP contribution is 2.34. The van der Waals surface area contributed by atoms with Gasteiger partial charge in [0.1, 0.15) is 12.4 Å². The number of nitrogens with two attached hydrogens (primary N) is 1. The Morgan fingerprint density at radius 2 is 1.83 bits per heavy atom. The van der Waals surface area contributed by atoms with Crippen LogP contribution < -0.4 is 5.73 Å². The highest BCUT2D eigenvalue weighted by molar-refractivity contribution is 8.18. The molecule has 4 rings (SSSR count). The van der Waals surface area contributed by atoms with Crippen LogP contribution in [0.2, 0.25) is 0 Å². The number of amides is 3. The van der Waals surface area contributed by atoms with Gasteiger partial charge in [-0.05, 0) is 41.6 Å². The molecular weight excluding hydrogens is 393 g/mol. The average molecular weight is 409 g/mol. The van der Waals surface area contributed by atoms with Crippen LogP contribution in [-0.2, 0) is 16.1 Å². The Balaban J connectivity index is 1.70. The van der Waals surface area contributed by atoms with E-state index in [0.717, 1.165) is 38.7 Å². The molecule has 29 heavy (non-hydrogen) atoms. The van der Waals surface area contributed by atoms with Crippen molar-refractivity contribution >= 4 is 45.8 Å². The summed E-state index contributed by atoms with van der Waals surface area (Å²) in [5.41, 5.74) is 7.76. The van der Waals surface area contributed by atoms with Crippen LogP contribution in [0.3, 0.4) is 0 Å². The fraction of sp³-hybridized carbons (Fsp3) is 0.0952. The molecule has 0 spiro atoms. The van der Waals surface area contributed by atoms with Crippen molar-refractivity contribution < 1.29 is 18.8 Å². The molecule has 3 aromatic rings. The summed E-state index contributed by atoms with van der Waals surface area (Å²) >= 11 is 0.782. The summed E-state index contributed by atoms with van der Waals surface area (Å²) in [5.74, 6) is -1.57. The monoisotopic (exact) mass is 409 g/mol. The smallest absolute Gasteiger partial charge is 0.294 e. The van der Waals surface area contributed by atoms with E-state index in [-0.39, 0.29) is 10.7 Å². The number of imide groups is 1. The lowest BCUT2D eigenvalue weighted by molar-refractivity contribution is -0.127. The number of hydrogen-bond donors (Lipinski definition) is 1. The number of para-hydroxylation sites is 1. The van der Waals surface area contributed by atoms with E-state index in [1.807, 2.05) is 35.0 Å². The molecule has 1 aliphatic rings. The maximum atomic E-state index is 13.2. The van der Waals surface area contributed by atoms with Crippen molar-refractivity contribution in [2.75, 3.05) is 6.54 Å². The van der Waals surface area contributed by atoms with Crippen LogP contribution in [0.4, 0.5) is 9.18 Å². The molecule has 0 aliphatic carbocycles. The zero-order valence-corrected chi connectivity index (χ0v) is 16.0. The topological polar surface area (TPSA) is 85.4 Å². The fourth-order valence-electron chi connectivity index (χ4n) is 3.24. The third-order valence-corrected chi connectivity index (χ3v) is 5.47. The van der Waals surface area contributed by atoms with Crippen molar-refractivity contribution in [2.45, 2.75) is 6.54 Å². The van der Waals surface area contributed by atoms with Gasteiger partial charge in [0.05, 0.1) is 4.91 Å². The molecule has 0 unspecified atom stereocenters. The number of carbonyl (C=O) groups is 3. The van der Waals surface area contributed by atoms with Gasteiger partial charge in [-0.1, -0.05) is 30.3 Å². The second kappa shape index (κ2) is 7.56. The number of aromatic nitrogens is 1. The first-order valence-electron chi connectivity index (χ1n) is 8.78. The number of carbonyl (C=O) groups excluding carboxylic acids is 3. The van der Waals surface area contributed by atoms with Gasteiger partial charge in [-0.25, -0.2) is 4.39 Å². The van der Waals surface area contributed by atoms with Crippen molar-refractivity contribution in [3.05, 3.63) is 76.6 Å². The summed E-state index contributed by atoms with van der Waals surface area (Å²) < 4.78 is 15.2. The fourth-order valence-corrected chi connectivity index (χ4v) is 4.07. The Hall–Kier alpha value is -3.39. The molecule has 0 saturated carbocycles. The van der Waals surface area contributed by atoms with E-state index in [9.17, 15) is 18.8 Å². The number of primary amides is 1. The Bertz CT molecular complexity index is 1170. The van der Waals surface area contributed by atoms with Gasteiger partial charge in [-0.15, -0.1) is 0 Å². The molecule has 8 heteroatoms. The lowest BCUT2D eigenvalue weighted by atomic mass is 10.1. The molecule has 0 radical (unpaired) electrons. The SMILES string of the molecule is NC(=O)CN1C(=O)S/C(=C\c2cn(Cc3ccc(F)cc3)c3ccccc23)C1=O. The Morgan fingerprint density at radius 3 is 2.55 bits per heavy atom. The van der Waals surface area contributed by atoms with Crippen LogP contribution >= 0.6 is 11.8 Å². The normalized spacial score (nSPS) is 15.6. The standard InChI is InChI=1S/C21H16FN3O3S/c22-15-7-5-13(6-8-15)10-24-11-14(16-3-1-2-4-17(16)24)9-18-20(27)25(12-19(23)26)21(28)29-18/h1-9,11H,10,12H2,(H2,23,26)/b18-9-. The summed E-state index contributed by atoms with van der Waals surface area (Å²) in [7, 11) is 0. The Labute approximate surface area is 169 Å². The van der Waals surface area contributed by atoms with Gasteiger partial charge in [0.25, 0.3) is 11.1 Å². The maximum Gasteiger partial charge on any atom is 0.294 e. The largest absolute Gasteiger partial charge is 0.368 e. The van der Waals surface area contributed by atoms with Gasteiger partial charge < -0.3 is 10.3 Å².